The van der Waals surface area contributed by atoms with Crippen LogP contribution in [0.2, 0.25) is 0 Å². The average molecular weight is 295 g/mol. The van der Waals surface area contributed by atoms with Crippen LogP contribution in [0.5, 0.6) is 0 Å². The molecule has 0 aromatic rings. The molecule has 2 N–H and O–H groups in total. The lowest BCUT2D eigenvalue weighted by Gasteiger charge is -2.35. The first-order valence-corrected chi connectivity index (χ1v) is 8.45. The van der Waals surface area contributed by atoms with E-state index >= 15 is 0 Å². The maximum Gasteiger partial charge on any atom is 0.315 e. The van der Waals surface area contributed by atoms with Gasteiger partial charge in [0.05, 0.1) is 0 Å². The molecule has 3 amide bonds. The molecule has 0 radical (unpaired) electrons. The molecule has 2 rings (SSSR count). The first-order chi connectivity index (χ1) is 10.1. The summed E-state index contributed by atoms with van der Waals surface area (Å²) in [6, 6.07) is -0.0894. The zero-order valence-electron chi connectivity index (χ0n) is 13.4. The number of nitrogens with zero attached hydrogens (tertiary/aromatic N) is 1. The minimum absolute atomic E-state index is 0.0426. The van der Waals surface area contributed by atoms with Crippen LogP contribution in [0.4, 0.5) is 4.79 Å². The number of rotatable bonds is 3. The lowest BCUT2D eigenvalue weighted by molar-refractivity contribution is -0.136. The summed E-state index contributed by atoms with van der Waals surface area (Å²) in [4.78, 5) is 26.3. The van der Waals surface area contributed by atoms with E-state index in [4.69, 9.17) is 0 Å². The van der Waals surface area contributed by atoms with Gasteiger partial charge in [-0.15, -0.1) is 0 Å². The topological polar surface area (TPSA) is 61.4 Å². The van der Waals surface area contributed by atoms with Gasteiger partial charge in [0.15, 0.2) is 0 Å². The van der Waals surface area contributed by atoms with Crippen LogP contribution in [0.3, 0.4) is 0 Å². The highest BCUT2D eigenvalue weighted by atomic mass is 16.2. The number of urea groups is 1. The van der Waals surface area contributed by atoms with E-state index in [0.717, 1.165) is 32.2 Å². The Balaban J connectivity index is 1.77. The molecule has 1 saturated carbocycles. The van der Waals surface area contributed by atoms with Gasteiger partial charge in [-0.1, -0.05) is 19.3 Å². The lowest BCUT2D eigenvalue weighted by Crippen LogP contribution is -2.54. The Morgan fingerprint density at radius 2 is 1.71 bits per heavy atom. The first kappa shape index (κ1) is 16.1. The highest BCUT2D eigenvalue weighted by molar-refractivity contribution is 5.87. The molecule has 0 aromatic carbocycles. The summed E-state index contributed by atoms with van der Waals surface area (Å²) < 4.78 is 0. The minimum Gasteiger partial charge on any atom is -0.338 e. The Morgan fingerprint density at radius 3 is 2.38 bits per heavy atom. The van der Waals surface area contributed by atoms with Crippen LogP contribution in [0, 0.1) is 0 Å². The van der Waals surface area contributed by atoms with Crippen LogP contribution in [-0.4, -0.2) is 41.5 Å². The van der Waals surface area contributed by atoms with E-state index in [1.165, 1.54) is 25.7 Å². The highest BCUT2D eigenvalue weighted by Crippen LogP contribution is 2.18. The molecule has 0 aromatic heterocycles. The van der Waals surface area contributed by atoms with Crippen molar-refractivity contribution in [3.8, 4) is 0 Å². The summed E-state index contributed by atoms with van der Waals surface area (Å²) in [7, 11) is 0. The summed E-state index contributed by atoms with van der Waals surface area (Å²) in [5.41, 5.74) is 0. The van der Waals surface area contributed by atoms with E-state index < -0.39 is 6.04 Å². The number of carbonyl (C=O) groups is 2. The Hall–Kier alpha value is -1.26. The molecular formula is C16H29N3O2. The van der Waals surface area contributed by atoms with Crippen molar-refractivity contribution >= 4 is 11.9 Å². The molecule has 2 fully saturated rings. The fraction of sp³-hybridized carbons (Fsp3) is 0.875. The minimum atomic E-state index is -0.450. The van der Waals surface area contributed by atoms with Crippen LogP contribution in [-0.2, 0) is 4.79 Å². The highest BCUT2D eigenvalue weighted by Gasteiger charge is 2.28. The van der Waals surface area contributed by atoms with Crippen molar-refractivity contribution in [3.63, 3.8) is 0 Å². The molecule has 5 heteroatoms. The van der Waals surface area contributed by atoms with E-state index in [2.05, 4.69) is 17.6 Å². The second kappa shape index (κ2) is 7.66. The molecule has 0 bridgehead atoms. The second-order valence-corrected chi connectivity index (χ2v) is 6.55. The quantitative estimate of drug-likeness (QED) is 0.840. The predicted molar refractivity (Wildman–Crippen MR) is 83.0 cm³/mol. The van der Waals surface area contributed by atoms with Gasteiger partial charge in [0.25, 0.3) is 0 Å². The molecule has 1 heterocycles. The number of piperidine rings is 1. The van der Waals surface area contributed by atoms with Gasteiger partial charge < -0.3 is 15.5 Å². The maximum atomic E-state index is 12.4. The number of hydrogen-bond donors (Lipinski definition) is 2. The second-order valence-electron chi connectivity index (χ2n) is 6.55. The Bertz CT molecular complexity index is 367. The third kappa shape index (κ3) is 4.61. The summed E-state index contributed by atoms with van der Waals surface area (Å²) >= 11 is 0. The molecule has 1 aliphatic heterocycles. The number of carbonyl (C=O) groups excluding carboxylic acids is 2. The zero-order valence-corrected chi connectivity index (χ0v) is 13.4. The zero-order chi connectivity index (χ0) is 15.2. The number of likely N-dealkylation sites (tertiary alicyclic amines) is 1. The van der Waals surface area contributed by atoms with Crippen molar-refractivity contribution in [2.75, 3.05) is 6.54 Å². The van der Waals surface area contributed by atoms with Crippen molar-refractivity contribution in [3.05, 3.63) is 0 Å². The Kier molecular flexibility index (Phi) is 5.88. The molecule has 2 atom stereocenters. The third-order valence-corrected chi connectivity index (χ3v) is 4.74. The fourth-order valence-corrected chi connectivity index (χ4v) is 3.41. The van der Waals surface area contributed by atoms with Gasteiger partial charge >= 0.3 is 6.03 Å². The van der Waals surface area contributed by atoms with Crippen molar-refractivity contribution in [1.82, 2.24) is 15.5 Å². The number of amides is 3. The molecule has 120 valence electrons. The Labute approximate surface area is 127 Å². The standard InChI is InChI=1S/C16H29N3O2/c1-12-8-6-7-11-19(12)15(20)13(2)17-16(21)18-14-9-4-3-5-10-14/h12-14H,3-11H2,1-2H3,(H2,17,18,21)/t12-,13+/m0/s1. The van der Waals surface area contributed by atoms with Crippen molar-refractivity contribution < 1.29 is 9.59 Å². The fourth-order valence-electron chi connectivity index (χ4n) is 3.41. The normalized spacial score (nSPS) is 25.2. The molecule has 0 unspecified atom stereocenters. The van der Waals surface area contributed by atoms with E-state index in [0.29, 0.717) is 0 Å². The summed E-state index contributed by atoms with van der Waals surface area (Å²) in [6.45, 7) is 4.69. The van der Waals surface area contributed by atoms with E-state index in [9.17, 15) is 9.59 Å². The summed E-state index contributed by atoms with van der Waals surface area (Å²) in [5.74, 6) is 0.0426. The number of nitrogens with one attached hydrogen (secondary N) is 2. The van der Waals surface area contributed by atoms with Crippen LogP contribution in [0.25, 0.3) is 0 Å². The summed E-state index contributed by atoms with van der Waals surface area (Å²) in [6.07, 6.45) is 9.06. The molecule has 1 aliphatic carbocycles. The van der Waals surface area contributed by atoms with Gasteiger partial charge in [0.1, 0.15) is 6.04 Å². The van der Waals surface area contributed by atoms with Crippen LogP contribution >= 0.6 is 0 Å². The summed E-state index contributed by atoms with van der Waals surface area (Å²) in [5, 5.41) is 5.80. The van der Waals surface area contributed by atoms with Crippen LogP contribution in [0.1, 0.15) is 65.2 Å². The third-order valence-electron chi connectivity index (χ3n) is 4.74. The predicted octanol–water partition coefficient (Wildman–Crippen LogP) is 2.41. The molecular weight excluding hydrogens is 266 g/mol. The van der Waals surface area contributed by atoms with Crippen molar-refractivity contribution in [1.29, 1.82) is 0 Å². The van der Waals surface area contributed by atoms with Gasteiger partial charge in [-0.2, -0.15) is 0 Å². The van der Waals surface area contributed by atoms with Crippen molar-refractivity contribution in [2.24, 2.45) is 0 Å². The Morgan fingerprint density at radius 1 is 1.05 bits per heavy atom. The molecule has 21 heavy (non-hydrogen) atoms. The van der Waals surface area contributed by atoms with Gasteiger partial charge in [0, 0.05) is 18.6 Å². The SMILES string of the molecule is C[C@@H](NC(=O)NC1CCCCC1)C(=O)N1CCCC[C@@H]1C. The van der Waals surface area contributed by atoms with E-state index in [-0.39, 0.29) is 24.0 Å². The molecule has 0 spiro atoms. The van der Waals surface area contributed by atoms with Crippen LogP contribution < -0.4 is 10.6 Å². The van der Waals surface area contributed by atoms with Crippen molar-refractivity contribution in [2.45, 2.75) is 83.3 Å². The van der Waals surface area contributed by atoms with E-state index in [1.54, 1.807) is 6.92 Å². The largest absolute Gasteiger partial charge is 0.338 e. The molecule has 1 saturated heterocycles. The lowest BCUT2D eigenvalue weighted by atomic mass is 9.96. The maximum absolute atomic E-state index is 12.4. The van der Waals surface area contributed by atoms with E-state index in [1.807, 2.05) is 4.90 Å². The first-order valence-electron chi connectivity index (χ1n) is 8.45. The van der Waals surface area contributed by atoms with Gasteiger partial charge in [-0.3, -0.25) is 4.79 Å². The van der Waals surface area contributed by atoms with Gasteiger partial charge in [0.2, 0.25) is 5.91 Å². The molecule has 2 aliphatic rings. The number of hydrogen-bond acceptors (Lipinski definition) is 2. The molecule has 5 nitrogen and oxygen atoms in total. The average Bonchev–Trinajstić information content (AvgIpc) is 2.48. The van der Waals surface area contributed by atoms with Gasteiger partial charge in [-0.25, -0.2) is 4.79 Å². The van der Waals surface area contributed by atoms with Crippen LogP contribution in [0.15, 0.2) is 0 Å². The van der Waals surface area contributed by atoms with Gasteiger partial charge in [-0.05, 0) is 46.0 Å². The smallest absolute Gasteiger partial charge is 0.315 e. The monoisotopic (exact) mass is 295 g/mol.